The van der Waals surface area contributed by atoms with E-state index in [4.69, 9.17) is 12.2 Å². The Kier molecular flexibility index (Phi) is 7.98. The summed E-state index contributed by atoms with van der Waals surface area (Å²) in [5.74, 6) is 1.01. The van der Waals surface area contributed by atoms with Crippen molar-refractivity contribution in [2.75, 3.05) is 29.5 Å². The summed E-state index contributed by atoms with van der Waals surface area (Å²) >= 11 is 6.65. The molecule has 3 saturated heterocycles. The molecule has 0 saturated carbocycles. The molecule has 1 aromatic heterocycles. The van der Waals surface area contributed by atoms with Crippen molar-refractivity contribution >= 4 is 55.9 Å². The second kappa shape index (κ2) is 10.7. The van der Waals surface area contributed by atoms with Gasteiger partial charge in [-0.15, -0.1) is 0 Å². The van der Waals surface area contributed by atoms with Crippen molar-refractivity contribution in [1.82, 2.24) is 9.47 Å². The topological polar surface area (TPSA) is 103 Å². The summed E-state index contributed by atoms with van der Waals surface area (Å²) in [6, 6.07) is 1.64. The molecule has 0 aliphatic carbocycles. The van der Waals surface area contributed by atoms with Gasteiger partial charge < -0.3 is 4.90 Å². The third-order valence-electron chi connectivity index (χ3n) is 7.34. The summed E-state index contributed by atoms with van der Waals surface area (Å²) in [6.45, 7) is 8.12. The Bertz CT molecular complexity index is 1320. The summed E-state index contributed by atoms with van der Waals surface area (Å²) in [5, 5.41) is 9.84. The largest absolute Gasteiger partial charge is 0.357 e. The molecule has 0 spiro atoms. The minimum absolute atomic E-state index is 0.0539. The first kappa shape index (κ1) is 26.9. The number of piperidine rings is 1. The normalized spacial score (nSPS) is 23.6. The Hall–Kier alpha value is -2.16. The number of hydrogen-bond acceptors (Lipinski definition) is 8. The number of pyridine rings is 1. The zero-order valence-corrected chi connectivity index (χ0v) is 23.4. The third kappa shape index (κ3) is 5.13. The molecule has 0 bridgehead atoms. The van der Waals surface area contributed by atoms with Gasteiger partial charge in [-0.3, -0.25) is 19.1 Å². The maximum absolute atomic E-state index is 13.4. The number of sulfone groups is 1. The van der Waals surface area contributed by atoms with Crippen molar-refractivity contribution in [1.29, 1.82) is 5.26 Å². The quantitative estimate of drug-likeness (QED) is 0.393. The number of anilines is 1. The molecule has 1 amide bonds. The van der Waals surface area contributed by atoms with Crippen LogP contribution < -0.4 is 10.5 Å². The van der Waals surface area contributed by atoms with Gasteiger partial charge in [-0.1, -0.05) is 44.2 Å². The molecule has 0 radical (unpaired) electrons. The summed E-state index contributed by atoms with van der Waals surface area (Å²) in [7, 11) is -3.18. The summed E-state index contributed by atoms with van der Waals surface area (Å²) in [6.07, 6.45) is 5.82. The molecule has 1 atom stereocenters. The SMILES string of the molecule is CCCCn1c(N2CCC(C)CC2)c(/C=C2/SC(=S)N(C3CCS(=O)(=O)C3)C2=O)c(C)c(C#N)c1=O. The van der Waals surface area contributed by atoms with E-state index in [1.807, 2.05) is 0 Å². The van der Waals surface area contributed by atoms with Gasteiger partial charge >= 0.3 is 0 Å². The molecule has 3 aliphatic heterocycles. The van der Waals surface area contributed by atoms with Crippen molar-refractivity contribution in [2.45, 2.75) is 65.5 Å². The molecular formula is C25H32N4O4S3. The van der Waals surface area contributed by atoms with Crippen LogP contribution in [0.4, 0.5) is 5.82 Å². The number of nitriles is 1. The second-order valence-electron chi connectivity index (χ2n) is 9.94. The van der Waals surface area contributed by atoms with E-state index in [0.717, 1.165) is 56.4 Å². The summed E-state index contributed by atoms with van der Waals surface area (Å²) in [4.78, 5) is 30.9. The molecule has 0 N–H and O–H groups in total. The van der Waals surface area contributed by atoms with E-state index >= 15 is 0 Å². The lowest BCUT2D eigenvalue weighted by Gasteiger charge is -2.35. The van der Waals surface area contributed by atoms with Gasteiger partial charge in [0.1, 0.15) is 21.8 Å². The van der Waals surface area contributed by atoms with Crippen LogP contribution in [-0.2, 0) is 21.2 Å². The van der Waals surface area contributed by atoms with Crippen molar-refractivity contribution < 1.29 is 13.2 Å². The number of hydrogen-bond donors (Lipinski definition) is 0. The van der Waals surface area contributed by atoms with Gasteiger partial charge in [-0.2, -0.15) is 5.26 Å². The minimum Gasteiger partial charge on any atom is -0.357 e. The Balaban J connectivity index is 1.84. The Morgan fingerprint density at radius 2 is 1.92 bits per heavy atom. The molecule has 1 aromatic rings. The third-order valence-corrected chi connectivity index (χ3v) is 10.4. The van der Waals surface area contributed by atoms with Crippen LogP contribution in [0.15, 0.2) is 9.70 Å². The fraction of sp³-hybridized carbons (Fsp3) is 0.600. The van der Waals surface area contributed by atoms with Crippen LogP contribution >= 0.6 is 24.0 Å². The first-order valence-electron chi connectivity index (χ1n) is 12.5. The van der Waals surface area contributed by atoms with Gasteiger partial charge in [0.2, 0.25) is 0 Å². The standard InChI is InChI=1S/C25H32N4O4S3/c1-4-5-9-28-22(27-10-6-16(2)7-11-27)19(17(3)20(14-26)23(28)30)13-21-24(31)29(25(34)35-21)18-8-12-36(32,33)15-18/h13,16,18H,4-12,15H2,1-3H3/b21-13+. The molecular weight excluding hydrogens is 517 g/mol. The summed E-state index contributed by atoms with van der Waals surface area (Å²) in [5.41, 5.74) is 1.04. The highest BCUT2D eigenvalue weighted by molar-refractivity contribution is 8.26. The fourth-order valence-corrected chi connectivity index (χ4v) is 8.22. The van der Waals surface area contributed by atoms with E-state index in [0.29, 0.717) is 39.2 Å². The van der Waals surface area contributed by atoms with Crippen molar-refractivity contribution in [3.05, 3.63) is 31.9 Å². The van der Waals surface area contributed by atoms with E-state index in [1.165, 1.54) is 4.90 Å². The van der Waals surface area contributed by atoms with Crippen LogP contribution in [-0.4, -0.2) is 58.7 Å². The van der Waals surface area contributed by atoms with Crippen molar-refractivity contribution in [3.8, 4) is 6.07 Å². The van der Waals surface area contributed by atoms with Gasteiger partial charge in [0.25, 0.3) is 11.5 Å². The van der Waals surface area contributed by atoms with Gasteiger partial charge in [0.15, 0.2) is 9.84 Å². The number of unbranched alkanes of at least 4 members (excludes halogenated alkanes) is 1. The number of carbonyl (C=O) groups excluding carboxylic acids is 1. The van der Waals surface area contributed by atoms with E-state index in [2.05, 4.69) is 24.8 Å². The number of thiocarbonyl (C=S) groups is 1. The molecule has 3 fully saturated rings. The summed E-state index contributed by atoms with van der Waals surface area (Å²) < 4.78 is 26.1. The smallest absolute Gasteiger partial charge is 0.270 e. The van der Waals surface area contributed by atoms with E-state index < -0.39 is 15.9 Å². The minimum atomic E-state index is -3.18. The monoisotopic (exact) mass is 548 g/mol. The van der Waals surface area contributed by atoms with Crippen LogP contribution in [0, 0.1) is 24.2 Å². The zero-order valence-electron chi connectivity index (χ0n) is 20.9. The molecule has 4 rings (SSSR count). The van der Waals surface area contributed by atoms with Crippen LogP contribution in [0.3, 0.4) is 0 Å². The highest BCUT2D eigenvalue weighted by Crippen LogP contribution is 2.39. The van der Waals surface area contributed by atoms with Crippen molar-refractivity contribution in [3.63, 3.8) is 0 Å². The van der Waals surface area contributed by atoms with Gasteiger partial charge in [0.05, 0.1) is 22.5 Å². The molecule has 1 unspecified atom stereocenters. The number of nitrogens with zero attached hydrogens (tertiary/aromatic N) is 4. The maximum Gasteiger partial charge on any atom is 0.270 e. The van der Waals surface area contributed by atoms with Crippen LogP contribution in [0.2, 0.25) is 0 Å². The average Bonchev–Trinajstić information content (AvgIpc) is 3.32. The first-order valence-corrected chi connectivity index (χ1v) is 15.5. The fourth-order valence-electron chi connectivity index (χ4n) is 5.13. The molecule has 0 aromatic carbocycles. The van der Waals surface area contributed by atoms with Crippen LogP contribution in [0.25, 0.3) is 6.08 Å². The second-order valence-corrected chi connectivity index (χ2v) is 13.8. The zero-order chi connectivity index (χ0) is 26.2. The maximum atomic E-state index is 13.4. The highest BCUT2D eigenvalue weighted by atomic mass is 32.2. The molecule has 36 heavy (non-hydrogen) atoms. The van der Waals surface area contributed by atoms with Gasteiger partial charge in [-0.25, -0.2) is 8.42 Å². The number of amides is 1. The predicted octanol–water partition coefficient (Wildman–Crippen LogP) is 3.45. The Labute approximate surface area is 222 Å². The number of carbonyl (C=O) groups is 1. The van der Waals surface area contributed by atoms with E-state index in [-0.39, 0.29) is 28.5 Å². The number of thioether (sulfide) groups is 1. The lowest BCUT2D eigenvalue weighted by molar-refractivity contribution is -0.123. The molecule has 8 nitrogen and oxygen atoms in total. The van der Waals surface area contributed by atoms with Crippen molar-refractivity contribution in [2.24, 2.45) is 5.92 Å². The Morgan fingerprint density at radius 1 is 1.22 bits per heavy atom. The number of rotatable bonds is 6. The van der Waals surface area contributed by atoms with E-state index in [9.17, 15) is 23.3 Å². The molecule has 194 valence electrons. The lowest BCUT2D eigenvalue weighted by Crippen LogP contribution is -2.39. The van der Waals surface area contributed by atoms with Gasteiger partial charge in [-0.05, 0) is 50.2 Å². The first-order chi connectivity index (χ1) is 17.1. The molecule has 4 heterocycles. The van der Waals surface area contributed by atoms with Crippen LogP contribution in [0.5, 0.6) is 0 Å². The van der Waals surface area contributed by atoms with Gasteiger partial charge in [0, 0.05) is 25.2 Å². The Morgan fingerprint density at radius 3 is 2.50 bits per heavy atom. The molecule has 3 aliphatic rings. The highest BCUT2D eigenvalue weighted by Gasteiger charge is 2.42. The van der Waals surface area contributed by atoms with E-state index in [1.54, 1.807) is 17.6 Å². The lowest BCUT2D eigenvalue weighted by atomic mass is 9.97. The van der Waals surface area contributed by atoms with Crippen LogP contribution in [0.1, 0.15) is 62.6 Å². The number of aromatic nitrogens is 1. The predicted molar refractivity (Wildman–Crippen MR) is 148 cm³/mol. The average molecular weight is 549 g/mol. The molecule has 11 heteroatoms.